The third kappa shape index (κ3) is 3.26. The summed E-state index contributed by atoms with van der Waals surface area (Å²) in [6.45, 7) is 4.77. The minimum absolute atomic E-state index is 0.0561. The van der Waals surface area contributed by atoms with Crippen molar-refractivity contribution in [3.63, 3.8) is 0 Å². The van der Waals surface area contributed by atoms with Crippen molar-refractivity contribution < 1.29 is 14.7 Å². The van der Waals surface area contributed by atoms with Crippen molar-refractivity contribution >= 4 is 18.0 Å². The van der Waals surface area contributed by atoms with Crippen LogP contribution in [-0.2, 0) is 9.59 Å². The zero-order valence-electron chi connectivity index (χ0n) is 11.7. The van der Waals surface area contributed by atoms with Gasteiger partial charge in [0.25, 0.3) is 0 Å². The zero-order chi connectivity index (χ0) is 14.7. The molecule has 4 heteroatoms. The van der Waals surface area contributed by atoms with Crippen LogP contribution < -0.4 is 0 Å². The van der Waals surface area contributed by atoms with Crippen molar-refractivity contribution in [1.29, 1.82) is 0 Å². The molecule has 0 radical (unpaired) electrons. The third-order valence-electron chi connectivity index (χ3n) is 3.81. The van der Waals surface area contributed by atoms with Crippen molar-refractivity contribution in [3.8, 4) is 0 Å². The fourth-order valence-electron chi connectivity index (χ4n) is 2.16. The van der Waals surface area contributed by atoms with Gasteiger partial charge < -0.3 is 10.0 Å². The van der Waals surface area contributed by atoms with Crippen LogP contribution in [0.5, 0.6) is 0 Å². The molecule has 106 valence electrons. The number of carbonyl (C=O) groups is 2. The van der Waals surface area contributed by atoms with E-state index >= 15 is 0 Å². The molecule has 1 aliphatic heterocycles. The van der Waals surface area contributed by atoms with Crippen LogP contribution in [-0.4, -0.2) is 35.0 Å². The molecule has 0 aliphatic carbocycles. The van der Waals surface area contributed by atoms with Gasteiger partial charge in [-0.2, -0.15) is 0 Å². The Morgan fingerprint density at radius 3 is 2.45 bits per heavy atom. The Morgan fingerprint density at radius 1 is 1.30 bits per heavy atom. The van der Waals surface area contributed by atoms with Crippen molar-refractivity contribution in [2.45, 2.75) is 13.8 Å². The molecule has 1 N–H and O–H groups in total. The second-order valence-electron chi connectivity index (χ2n) is 5.37. The Kier molecular flexibility index (Phi) is 4.23. The van der Waals surface area contributed by atoms with E-state index in [2.05, 4.69) is 0 Å². The summed E-state index contributed by atoms with van der Waals surface area (Å²) in [7, 11) is 0. The third-order valence-corrected chi connectivity index (χ3v) is 3.81. The Labute approximate surface area is 118 Å². The first-order chi connectivity index (χ1) is 9.47. The summed E-state index contributed by atoms with van der Waals surface area (Å²) < 4.78 is 0. The molecular formula is C16H19NO3. The minimum Gasteiger partial charge on any atom is -0.481 e. The molecule has 0 spiro atoms. The summed E-state index contributed by atoms with van der Waals surface area (Å²) in [4.78, 5) is 24.4. The van der Waals surface area contributed by atoms with Crippen LogP contribution in [0.4, 0.5) is 0 Å². The van der Waals surface area contributed by atoms with Crippen LogP contribution in [0.2, 0.25) is 0 Å². The number of rotatable bonds is 4. The number of aliphatic carboxylic acids is 1. The predicted molar refractivity (Wildman–Crippen MR) is 77.1 cm³/mol. The summed E-state index contributed by atoms with van der Waals surface area (Å²) in [5.74, 6) is -1.17. The van der Waals surface area contributed by atoms with E-state index in [9.17, 15) is 9.59 Å². The molecule has 1 aliphatic rings. The van der Waals surface area contributed by atoms with Crippen LogP contribution >= 0.6 is 0 Å². The Morgan fingerprint density at radius 2 is 1.90 bits per heavy atom. The normalized spacial score (nSPS) is 17.0. The van der Waals surface area contributed by atoms with E-state index in [1.54, 1.807) is 24.0 Å². The number of carbonyl (C=O) groups excluding carboxylic acids is 1. The van der Waals surface area contributed by atoms with Gasteiger partial charge >= 0.3 is 5.97 Å². The van der Waals surface area contributed by atoms with Gasteiger partial charge in [-0.25, -0.2) is 0 Å². The van der Waals surface area contributed by atoms with Gasteiger partial charge in [-0.3, -0.25) is 9.59 Å². The number of nitrogens with zero attached hydrogens (tertiary/aromatic N) is 1. The van der Waals surface area contributed by atoms with Crippen molar-refractivity contribution in [1.82, 2.24) is 4.90 Å². The number of likely N-dealkylation sites (tertiary alicyclic amines) is 1. The van der Waals surface area contributed by atoms with Crippen LogP contribution in [0.25, 0.3) is 6.08 Å². The smallest absolute Gasteiger partial charge is 0.306 e. The first-order valence-electron chi connectivity index (χ1n) is 6.74. The monoisotopic (exact) mass is 273 g/mol. The second kappa shape index (κ2) is 5.90. The predicted octanol–water partition coefficient (Wildman–Crippen LogP) is 2.19. The van der Waals surface area contributed by atoms with E-state index in [4.69, 9.17) is 5.11 Å². The highest BCUT2D eigenvalue weighted by Gasteiger charge is 2.36. The average molecular weight is 273 g/mol. The van der Waals surface area contributed by atoms with Crippen LogP contribution in [0.15, 0.2) is 30.3 Å². The topological polar surface area (TPSA) is 57.6 Å². The molecule has 1 aromatic carbocycles. The molecule has 1 saturated heterocycles. The summed E-state index contributed by atoms with van der Waals surface area (Å²) in [5, 5.41) is 8.90. The van der Waals surface area contributed by atoms with Gasteiger partial charge in [0.2, 0.25) is 5.91 Å². The molecule has 1 heterocycles. The SMILES string of the molecule is Cc1ccc(/C=C/C(=O)N2CC(C(C)C(=O)O)C2)cc1. The molecule has 20 heavy (non-hydrogen) atoms. The number of amides is 1. The number of carboxylic acid groups (broad SMARTS) is 1. The highest BCUT2D eigenvalue weighted by atomic mass is 16.4. The fourth-order valence-corrected chi connectivity index (χ4v) is 2.16. The molecule has 0 aromatic heterocycles. The Hall–Kier alpha value is -2.10. The number of carboxylic acids is 1. The Bertz CT molecular complexity index is 527. The second-order valence-corrected chi connectivity index (χ2v) is 5.37. The number of hydrogen-bond acceptors (Lipinski definition) is 2. The van der Waals surface area contributed by atoms with Gasteiger partial charge in [-0.05, 0) is 18.6 Å². The van der Waals surface area contributed by atoms with Crippen LogP contribution in [0, 0.1) is 18.8 Å². The largest absolute Gasteiger partial charge is 0.481 e. The molecule has 2 rings (SSSR count). The summed E-state index contributed by atoms with van der Waals surface area (Å²) in [5.41, 5.74) is 2.17. The maximum Gasteiger partial charge on any atom is 0.306 e. The van der Waals surface area contributed by atoms with E-state index in [-0.39, 0.29) is 17.7 Å². The first kappa shape index (κ1) is 14.3. The average Bonchev–Trinajstić information content (AvgIpc) is 2.36. The molecule has 0 bridgehead atoms. The zero-order valence-corrected chi connectivity index (χ0v) is 11.7. The molecule has 1 unspecified atom stereocenters. The molecular weight excluding hydrogens is 254 g/mol. The first-order valence-corrected chi connectivity index (χ1v) is 6.74. The molecule has 1 aromatic rings. The quantitative estimate of drug-likeness (QED) is 0.855. The molecule has 4 nitrogen and oxygen atoms in total. The van der Waals surface area contributed by atoms with Gasteiger partial charge in [0.05, 0.1) is 5.92 Å². The number of benzene rings is 1. The fraction of sp³-hybridized carbons (Fsp3) is 0.375. The lowest BCUT2D eigenvalue weighted by molar-refractivity contribution is -0.148. The van der Waals surface area contributed by atoms with Gasteiger partial charge in [0.1, 0.15) is 0 Å². The van der Waals surface area contributed by atoms with Gasteiger partial charge in [0, 0.05) is 25.1 Å². The molecule has 1 atom stereocenters. The Balaban J connectivity index is 1.85. The van der Waals surface area contributed by atoms with Crippen molar-refractivity contribution in [2.24, 2.45) is 11.8 Å². The lowest BCUT2D eigenvalue weighted by Gasteiger charge is -2.40. The van der Waals surface area contributed by atoms with Gasteiger partial charge in [-0.15, -0.1) is 0 Å². The van der Waals surface area contributed by atoms with Crippen LogP contribution in [0.1, 0.15) is 18.1 Å². The molecule has 0 saturated carbocycles. The standard InChI is InChI=1S/C16H19NO3/c1-11-3-5-13(6-4-11)7-8-15(18)17-9-14(10-17)12(2)16(19)20/h3-8,12,14H,9-10H2,1-2H3,(H,19,20)/b8-7+. The van der Waals surface area contributed by atoms with E-state index in [0.717, 1.165) is 5.56 Å². The summed E-state index contributed by atoms with van der Waals surface area (Å²) >= 11 is 0. The van der Waals surface area contributed by atoms with Gasteiger partial charge in [0.15, 0.2) is 0 Å². The van der Waals surface area contributed by atoms with E-state index in [1.807, 2.05) is 31.2 Å². The van der Waals surface area contributed by atoms with Gasteiger partial charge in [-0.1, -0.05) is 36.8 Å². The highest BCUT2D eigenvalue weighted by molar-refractivity contribution is 5.92. The summed E-state index contributed by atoms with van der Waals surface area (Å²) in [6.07, 6.45) is 3.34. The number of hydrogen-bond donors (Lipinski definition) is 1. The van der Waals surface area contributed by atoms with E-state index in [0.29, 0.717) is 13.1 Å². The minimum atomic E-state index is -0.794. The van der Waals surface area contributed by atoms with Crippen molar-refractivity contribution in [3.05, 3.63) is 41.5 Å². The molecule has 1 fully saturated rings. The lowest BCUT2D eigenvalue weighted by atomic mass is 9.87. The van der Waals surface area contributed by atoms with Crippen molar-refractivity contribution in [2.75, 3.05) is 13.1 Å². The summed E-state index contributed by atoms with van der Waals surface area (Å²) in [6, 6.07) is 7.92. The van der Waals surface area contributed by atoms with E-state index in [1.165, 1.54) is 5.56 Å². The lowest BCUT2D eigenvalue weighted by Crippen LogP contribution is -2.53. The maximum atomic E-state index is 11.9. The van der Waals surface area contributed by atoms with E-state index < -0.39 is 5.97 Å². The number of aryl methyl sites for hydroxylation is 1. The molecule has 1 amide bonds. The van der Waals surface area contributed by atoms with Crippen LogP contribution in [0.3, 0.4) is 0 Å². The maximum absolute atomic E-state index is 11.9. The highest BCUT2D eigenvalue weighted by Crippen LogP contribution is 2.24.